The number of piperidine rings is 1. The Hall–Kier alpha value is -2.05. The Morgan fingerprint density at radius 2 is 2.19 bits per heavy atom. The van der Waals surface area contributed by atoms with E-state index in [-0.39, 0.29) is 12.7 Å². The van der Waals surface area contributed by atoms with E-state index in [1.54, 1.807) is 0 Å². The predicted molar refractivity (Wildman–Crippen MR) is 106 cm³/mol. The number of hydrogen-bond acceptors (Lipinski definition) is 5. The maximum Gasteiger partial charge on any atom is 0.231 e. The van der Waals surface area contributed by atoms with Crippen molar-refractivity contribution in [2.45, 2.75) is 32.2 Å². The van der Waals surface area contributed by atoms with Gasteiger partial charge < -0.3 is 14.8 Å². The molecule has 3 heterocycles. The monoisotopic (exact) mass is 386 g/mol. The van der Waals surface area contributed by atoms with E-state index in [2.05, 4.69) is 27.7 Å². The second kappa shape index (κ2) is 8.76. The summed E-state index contributed by atoms with van der Waals surface area (Å²) in [5.41, 5.74) is 1.11. The number of thiophene rings is 1. The quantitative estimate of drug-likeness (QED) is 0.792. The molecule has 0 radical (unpaired) electrons. The maximum absolute atomic E-state index is 12.3. The second-order valence-corrected chi connectivity index (χ2v) is 8.35. The molecular weight excluding hydrogens is 360 g/mol. The molecule has 2 aliphatic heterocycles. The number of rotatable bonds is 7. The Morgan fingerprint density at radius 1 is 1.26 bits per heavy atom. The number of fused-ring (bicyclic) bond motifs is 1. The molecule has 1 unspecified atom stereocenters. The van der Waals surface area contributed by atoms with Crippen molar-refractivity contribution in [3.63, 3.8) is 0 Å². The first-order valence-corrected chi connectivity index (χ1v) is 10.5. The van der Waals surface area contributed by atoms with E-state index in [0.717, 1.165) is 49.7 Å². The van der Waals surface area contributed by atoms with Gasteiger partial charge in [-0.25, -0.2) is 0 Å². The van der Waals surface area contributed by atoms with Gasteiger partial charge in [0.05, 0.1) is 0 Å². The van der Waals surface area contributed by atoms with Crippen LogP contribution in [-0.2, 0) is 17.8 Å². The summed E-state index contributed by atoms with van der Waals surface area (Å²) in [5, 5.41) is 5.27. The Balaban J connectivity index is 1.18. The number of likely N-dealkylation sites (tertiary alicyclic amines) is 1. The minimum absolute atomic E-state index is 0.128. The molecule has 0 aliphatic carbocycles. The summed E-state index contributed by atoms with van der Waals surface area (Å²) in [7, 11) is 0. The minimum Gasteiger partial charge on any atom is -0.454 e. The topological polar surface area (TPSA) is 50.8 Å². The van der Waals surface area contributed by atoms with Crippen LogP contribution < -0.4 is 14.8 Å². The van der Waals surface area contributed by atoms with Gasteiger partial charge in [-0.2, -0.15) is 0 Å². The fourth-order valence-electron chi connectivity index (χ4n) is 3.79. The first-order chi connectivity index (χ1) is 13.3. The van der Waals surface area contributed by atoms with Gasteiger partial charge >= 0.3 is 0 Å². The highest BCUT2D eigenvalue weighted by Gasteiger charge is 2.21. The van der Waals surface area contributed by atoms with Crippen molar-refractivity contribution in [3.8, 4) is 11.5 Å². The van der Waals surface area contributed by atoms with Gasteiger partial charge in [-0.05, 0) is 60.9 Å². The van der Waals surface area contributed by atoms with E-state index in [1.165, 1.54) is 17.7 Å². The molecule has 1 atom stereocenters. The molecule has 27 heavy (non-hydrogen) atoms. The fraction of sp³-hybridized carbons (Fsp3) is 0.476. The zero-order valence-corrected chi connectivity index (χ0v) is 16.3. The van der Waals surface area contributed by atoms with Gasteiger partial charge in [-0.1, -0.05) is 12.1 Å². The van der Waals surface area contributed by atoms with Crippen LogP contribution in [0.15, 0.2) is 35.7 Å². The van der Waals surface area contributed by atoms with Crippen molar-refractivity contribution in [2.75, 3.05) is 26.4 Å². The molecule has 4 rings (SSSR count). The third-order valence-electron chi connectivity index (χ3n) is 5.23. The summed E-state index contributed by atoms with van der Waals surface area (Å²) in [5.74, 6) is 2.24. The molecule has 2 aromatic rings. The van der Waals surface area contributed by atoms with Gasteiger partial charge in [0.25, 0.3) is 0 Å². The number of carbonyl (C=O) groups is 1. The minimum atomic E-state index is 0.128. The van der Waals surface area contributed by atoms with Crippen LogP contribution in [0.2, 0.25) is 0 Å². The van der Waals surface area contributed by atoms with Gasteiger partial charge in [-0.3, -0.25) is 9.69 Å². The van der Waals surface area contributed by atoms with Crippen LogP contribution in [0, 0.1) is 5.92 Å². The first kappa shape index (κ1) is 18.3. The molecule has 1 aromatic heterocycles. The summed E-state index contributed by atoms with van der Waals surface area (Å²) in [4.78, 5) is 16.2. The number of nitrogens with zero attached hydrogens (tertiary/aromatic N) is 1. The molecule has 0 spiro atoms. The van der Waals surface area contributed by atoms with Gasteiger partial charge in [0.1, 0.15) is 0 Å². The van der Waals surface area contributed by atoms with Crippen molar-refractivity contribution in [3.05, 3.63) is 46.2 Å². The van der Waals surface area contributed by atoms with Gasteiger partial charge in [0, 0.05) is 30.9 Å². The smallest absolute Gasteiger partial charge is 0.231 e. The molecule has 1 N–H and O–H groups in total. The van der Waals surface area contributed by atoms with Crippen molar-refractivity contribution in [1.29, 1.82) is 0 Å². The van der Waals surface area contributed by atoms with E-state index in [1.807, 2.05) is 29.5 Å². The van der Waals surface area contributed by atoms with Crippen LogP contribution in [0.3, 0.4) is 0 Å². The lowest BCUT2D eigenvalue weighted by Gasteiger charge is -2.32. The summed E-state index contributed by atoms with van der Waals surface area (Å²) in [6, 6.07) is 10.2. The molecule has 5 nitrogen and oxygen atoms in total. The molecule has 1 saturated heterocycles. The predicted octanol–water partition coefficient (Wildman–Crippen LogP) is 3.44. The van der Waals surface area contributed by atoms with Crippen LogP contribution in [0.5, 0.6) is 11.5 Å². The lowest BCUT2D eigenvalue weighted by molar-refractivity contribution is -0.121. The van der Waals surface area contributed by atoms with E-state index in [0.29, 0.717) is 12.3 Å². The lowest BCUT2D eigenvalue weighted by atomic mass is 9.98. The van der Waals surface area contributed by atoms with Gasteiger partial charge in [0.2, 0.25) is 12.7 Å². The molecule has 1 fully saturated rings. The standard InChI is InChI=1S/C21H26N2O3S/c24-21(8-6-16-5-7-19-20(11-16)26-15-25-19)22-12-17-3-1-9-23(13-17)14-18-4-2-10-27-18/h2,4-5,7,10-11,17H,1,3,6,8-9,12-15H2,(H,22,24). The highest BCUT2D eigenvalue weighted by Crippen LogP contribution is 2.32. The normalized spacial score (nSPS) is 19.2. The highest BCUT2D eigenvalue weighted by atomic mass is 32.1. The Bertz CT molecular complexity index is 763. The average molecular weight is 387 g/mol. The van der Waals surface area contributed by atoms with Crippen molar-refractivity contribution in [1.82, 2.24) is 10.2 Å². The molecular formula is C21H26N2O3S. The van der Waals surface area contributed by atoms with Crippen LogP contribution >= 0.6 is 11.3 Å². The molecule has 1 aromatic carbocycles. The third-order valence-corrected chi connectivity index (χ3v) is 6.09. The number of aryl methyl sites for hydroxylation is 1. The molecule has 0 bridgehead atoms. The number of benzene rings is 1. The fourth-order valence-corrected chi connectivity index (χ4v) is 4.53. The molecule has 2 aliphatic rings. The lowest BCUT2D eigenvalue weighted by Crippen LogP contribution is -2.40. The number of hydrogen-bond donors (Lipinski definition) is 1. The maximum atomic E-state index is 12.3. The Labute approximate surface area is 164 Å². The molecule has 0 saturated carbocycles. The second-order valence-electron chi connectivity index (χ2n) is 7.31. The van der Waals surface area contributed by atoms with E-state index in [4.69, 9.17) is 9.47 Å². The Morgan fingerprint density at radius 3 is 3.07 bits per heavy atom. The molecule has 6 heteroatoms. The van der Waals surface area contributed by atoms with Crippen LogP contribution in [0.25, 0.3) is 0 Å². The first-order valence-electron chi connectivity index (χ1n) is 9.66. The van der Waals surface area contributed by atoms with Crippen LogP contribution in [0.1, 0.15) is 29.7 Å². The SMILES string of the molecule is O=C(CCc1ccc2c(c1)OCO2)NCC1CCCN(Cc2cccs2)C1. The number of ether oxygens (including phenoxy) is 2. The van der Waals surface area contributed by atoms with Crippen molar-refractivity contribution >= 4 is 17.2 Å². The van der Waals surface area contributed by atoms with Gasteiger partial charge in [-0.15, -0.1) is 11.3 Å². The van der Waals surface area contributed by atoms with E-state index in [9.17, 15) is 4.79 Å². The van der Waals surface area contributed by atoms with Crippen molar-refractivity contribution in [2.24, 2.45) is 5.92 Å². The molecule has 1 amide bonds. The van der Waals surface area contributed by atoms with Crippen molar-refractivity contribution < 1.29 is 14.3 Å². The summed E-state index contributed by atoms with van der Waals surface area (Å²) in [6.45, 7) is 4.32. The van der Waals surface area contributed by atoms with E-state index < -0.39 is 0 Å². The average Bonchev–Trinajstić information content (AvgIpc) is 3.36. The zero-order chi connectivity index (χ0) is 18.5. The zero-order valence-electron chi connectivity index (χ0n) is 15.5. The summed E-state index contributed by atoms with van der Waals surface area (Å²) < 4.78 is 10.7. The van der Waals surface area contributed by atoms with Crippen LogP contribution in [0.4, 0.5) is 0 Å². The van der Waals surface area contributed by atoms with E-state index >= 15 is 0 Å². The molecule has 144 valence electrons. The number of amides is 1. The summed E-state index contributed by atoms with van der Waals surface area (Å²) >= 11 is 1.82. The Kier molecular flexibility index (Phi) is 5.94. The largest absolute Gasteiger partial charge is 0.454 e. The number of nitrogens with one attached hydrogen (secondary N) is 1. The third kappa shape index (κ3) is 5.02. The highest BCUT2D eigenvalue weighted by molar-refractivity contribution is 7.09. The summed E-state index contributed by atoms with van der Waals surface area (Å²) in [6.07, 6.45) is 3.63. The number of carbonyl (C=O) groups excluding carboxylic acids is 1. The van der Waals surface area contributed by atoms with Crippen LogP contribution in [-0.4, -0.2) is 37.2 Å². The van der Waals surface area contributed by atoms with Gasteiger partial charge in [0.15, 0.2) is 11.5 Å².